The molecule has 26 heavy (non-hydrogen) atoms. The van der Waals surface area contributed by atoms with Gasteiger partial charge < -0.3 is 16.0 Å². The fourth-order valence-corrected chi connectivity index (χ4v) is 3.27. The van der Waals surface area contributed by atoms with Gasteiger partial charge in [0.2, 0.25) is 5.91 Å². The molecule has 7 heteroatoms. The van der Waals surface area contributed by atoms with Gasteiger partial charge in [-0.15, -0.1) is 24.0 Å². The number of aliphatic imine (C=N–C) groups is 1. The number of carbonyl (C=O) groups is 1. The molecule has 0 aromatic carbocycles. The smallest absolute Gasteiger partial charge is 0.243 e. The molecular formula is C19H32IN5O. The fourth-order valence-electron chi connectivity index (χ4n) is 3.27. The maximum Gasteiger partial charge on any atom is 0.243 e. The Morgan fingerprint density at radius 3 is 2.77 bits per heavy atom. The lowest BCUT2D eigenvalue weighted by Crippen LogP contribution is -2.45. The van der Waals surface area contributed by atoms with E-state index in [1.54, 1.807) is 25.5 Å². The van der Waals surface area contributed by atoms with Crippen LogP contribution in [0, 0.1) is 5.92 Å². The average molecular weight is 473 g/mol. The molecule has 0 spiro atoms. The molecule has 1 aromatic rings. The maximum atomic E-state index is 12.0. The van der Waals surface area contributed by atoms with Gasteiger partial charge >= 0.3 is 0 Å². The minimum atomic E-state index is -0.120. The molecule has 1 unspecified atom stereocenters. The van der Waals surface area contributed by atoms with Gasteiger partial charge in [-0.3, -0.25) is 14.8 Å². The number of rotatable bonds is 7. The van der Waals surface area contributed by atoms with E-state index in [4.69, 9.17) is 0 Å². The van der Waals surface area contributed by atoms with E-state index in [1.807, 2.05) is 6.07 Å². The number of guanidine groups is 1. The number of halogens is 1. The number of hydrogen-bond acceptors (Lipinski definition) is 3. The third kappa shape index (κ3) is 8.82. The van der Waals surface area contributed by atoms with Crippen molar-refractivity contribution < 1.29 is 4.79 Å². The van der Waals surface area contributed by atoms with Crippen molar-refractivity contribution in [2.24, 2.45) is 10.9 Å². The van der Waals surface area contributed by atoms with Crippen LogP contribution >= 0.6 is 24.0 Å². The molecule has 0 bridgehead atoms. The van der Waals surface area contributed by atoms with Crippen LogP contribution < -0.4 is 16.0 Å². The first-order chi connectivity index (χ1) is 12.2. The number of nitrogens with zero attached hydrogens (tertiary/aromatic N) is 2. The van der Waals surface area contributed by atoms with Crippen molar-refractivity contribution in [3.63, 3.8) is 0 Å². The molecule has 3 N–H and O–H groups in total. The largest absolute Gasteiger partial charge is 0.354 e. The fraction of sp³-hybridized carbons (Fsp3) is 0.632. The van der Waals surface area contributed by atoms with E-state index in [-0.39, 0.29) is 36.4 Å². The summed E-state index contributed by atoms with van der Waals surface area (Å²) in [6.07, 6.45) is 12.7. The summed E-state index contributed by atoms with van der Waals surface area (Å²) in [5.41, 5.74) is 0.693. The Kier molecular flexibility index (Phi) is 11.2. The summed E-state index contributed by atoms with van der Waals surface area (Å²) < 4.78 is 0. The van der Waals surface area contributed by atoms with Crippen LogP contribution in [-0.2, 0) is 4.79 Å². The molecule has 1 heterocycles. The highest BCUT2D eigenvalue weighted by atomic mass is 127. The quantitative estimate of drug-likeness (QED) is 0.322. The highest BCUT2D eigenvalue weighted by Gasteiger charge is 2.15. The summed E-state index contributed by atoms with van der Waals surface area (Å²) in [7, 11) is 1.72. The topological polar surface area (TPSA) is 78.4 Å². The maximum absolute atomic E-state index is 12.0. The van der Waals surface area contributed by atoms with Crippen LogP contribution in [0.3, 0.4) is 0 Å². The zero-order valence-electron chi connectivity index (χ0n) is 15.8. The van der Waals surface area contributed by atoms with Gasteiger partial charge in [-0.2, -0.15) is 0 Å². The minimum Gasteiger partial charge on any atom is -0.354 e. The van der Waals surface area contributed by atoms with Gasteiger partial charge in [0.1, 0.15) is 0 Å². The van der Waals surface area contributed by atoms with E-state index in [9.17, 15) is 4.79 Å². The van der Waals surface area contributed by atoms with Gasteiger partial charge in [0.25, 0.3) is 0 Å². The van der Waals surface area contributed by atoms with Crippen LogP contribution in [0.25, 0.3) is 0 Å². The molecule has 1 saturated carbocycles. The van der Waals surface area contributed by atoms with E-state index >= 15 is 0 Å². The van der Waals surface area contributed by atoms with E-state index in [0.29, 0.717) is 17.7 Å². The number of pyridine rings is 1. The van der Waals surface area contributed by atoms with E-state index < -0.39 is 0 Å². The van der Waals surface area contributed by atoms with Crippen LogP contribution in [0.15, 0.2) is 29.5 Å². The Morgan fingerprint density at radius 1 is 1.35 bits per heavy atom. The normalized spacial score (nSPS) is 16.3. The number of carbonyl (C=O) groups excluding carboxylic acids is 1. The van der Waals surface area contributed by atoms with Gasteiger partial charge in [-0.25, -0.2) is 0 Å². The first-order valence-electron chi connectivity index (χ1n) is 9.34. The predicted octanol–water partition coefficient (Wildman–Crippen LogP) is 3.55. The number of aromatic nitrogens is 1. The monoisotopic (exact) mass is 473 g/mol. The Hall–Kier alpha value is -1.38. The average Bonchev–Trinajstić information content (AvgIpc) is 2.65. The highest BCUT2D eigenvalue weighted by molar-refractivity contribution is 14.0. The molecule has 1 aliphatic rings. The van der Waals surface area contributed by atoms with Crippen LogP contribution in [0.2, 0.25) is 0 Å². The molecule has 2 rings (SSSR count). The molecule has 0 saturated heterocycles. The number of anilines is 1. The zero-order chi connectivity index (χ0) is 17.9. The second-order valence-corrected chi connectivity index (χ2v) is 6.84. The van der Waals surface area contributed by atoms with Crippen molar-refractivity contribution in [1.82, 2.24) is 15.6 Å². The Morgan fingerprint density at radius 2 is 2.12 bits per heavy atom. The molecule has 1 fully saturated rings. The SMILES string of the molecule is CN=C(NCC(=O)Nc1cccnc1)NC(C)CCC1CCCCC1.I. The molecule has 1 amide bonds. The van der Waals surface area contributed by atoms with Gasteiger partial charge in [0.15, 0.2) is 5.96 Å². The van der Waals surface area contributed by atoms with Crippen LogP contribution in [0.5, 0.6) is 0 Å². The predicted molar refractivity (Wildman–Crippen MR) is 118 cm³/mol. The van der Waals surface area contributed by atoms with Gasteiger partial charge in [-0.05, 0) is 37.8 Å². The number of nitrogens with one attached hydrogen (secondary N) is 3. The van der Waals surface area contributed by atoms with Crippen LogP contribution in [-0.4, -0.2) is 36.5 Å². The zero-order valence-corrected chi connectivity index (χ0v) is 18.2. The summed E-state index contributed by atoms with van der Waals surface area (Å²) in [5.74, 6) is 1.43. The summed E-state index contributed by atoms with van der Waals surface area (Å²) in [6, 6.07) is 3.94. The molecule has 0 aliphatic heterocycles. The Bertz CT molecular complexity index is 546. The van der Waals surface area contributed by atoms with Crippen molar-refractivity contribution in [3.05, 3.63) is 24.5 Å². The van der Waals surface area contributed by atoms with Crippen LogP contribution in [0.1, 0.15) is 51.9 Å². The van der Waals surface area contributed by atoms with Crippen molar-refractivity contribution in [3.8, 4) is 0 Å². The molecule has 1 atom stereocenters. The second-order valence-electron chi connectivity index (χ2n) is 6.84. The third-order valence-corrected chi connectivity index (χ3v) is 4.70. The van der Waals surface area contributed by atoms with Gasteiger partial charge in [-0.1, -0.05) is 32.1 Å². The second kappa shape index (κ2) is 12.9. The summed E-state index contributed by atoms with van der Waals surface area (Å²) >= 11 is 0. The Balaban J connectivity index is 0.00000338. The number of hydrogen-bond donors (Lipinski definition) is 3. The van der Waals surface area contributed by atoms with E-state index in [0.717, 1.165) is 12.3 Å². The molecule has 1 aliphatic carbocycles. The van der Waals surface area contributed by atoms with Crippen molar-refractivity contribution in [2.45, 2.75) is 57.9 Å². The van der Waals surface area contributed by atoms with Crippen molar-refractivity contribution in [1.29, 1.82) is 0 Å². The molecule has 0 radical (unpaired) electrons. The molecular weight excluding hydrogens is 441 g/mol. The molecule has 6 nitrogen and oxygen atoms in total. The lowest BCUT2D eigenvalue weighted by Gasteiger charge is -2.24. The van der Waals surface area contributed by atoms with E-state index in [2.05, 4.69) is 32.9 Å². The summed E-state index contributed by atoms with van der Waals surface area (Å²) in [4.78, 5) is 20.1. The highest BCUT2D eigenvalue weighted by Crippen LogP contribution is 2.27. The first-order valence-corrected chi connectivity index (χ1v) is 9.34. The molecule has 1 aromatic heterocycles. The Labute approximate surface area is 174 Å². The molecule has 146 valence electrons. The van der Waals surface area contributed by atoms with E-state index in [1.165, 1.54) is 38.5 Å². The summed E-state index contributed by atoms with van der Waals surface area (Å²) in [5, 5.41) is 9.23. The van der Waals surface area contributed by atoms with Crippen molar-refractivity contribution >= 4 is 41.5 Å². The first kappa shape index (κ1) is 22.7. The summed E-state index contributed by atoms with van der Waals surface area (Å²) in [6.45, 7) is 2.34. The lowest BCUT2D eigenvalue weighted by molar-refractivity contribution is -0.115. The number of amides is 1. The van der Waals surface area contributed by atoms with Gasteiger partial charge in [0.05, 0.1) is 18.4 Å². The third-order valence-electron chi connectivity index (χ3n) is 4.70. The van der Waals surface area contributed by atoms with Crippen molar-refractivity contribution in [2.75, 3.05) is 18.9 Å². The minimum absolute atomic E-state index is 0. The lowest BCUT2D eigenvalue weighted by atomic mass is 9.85. The standard InChI is InChI=1S/C19H31N5O.HI/c1-15(10-11-16-7-4-3-5-8-16)23-19(20-2)22-14-18(25)24-17-9-6-12-21-13-17;/h6,9,12-13,15-16H,3-5,7-8,10-11,14H2,1-2H3,(H,24,25)(H2,20,22,23);1H. The van der Waals surface area contributed by atoms with Gasteiger partial charge in [0, 0.05) is 19.3 Å². The van der Waals surface area contributed by atoms with Crippen LogP contribution in [0.4, 0.5) is 5.69 Å².